The monoisotopic (exact) mass is 417 g/mol. The largest absolute Gasteiger partial charge is 0.352 e. The number of nitrogens with one attached hydrogen (secondary N) is 2. The Balaban J connectivity index is 0.00000240. The van der Waals surface area contributed by atoms with Crippen LogP contribution in [-0.2, 0) is 16.0 Å². The summed E-state index contributed by atoms with van der Waals surface area (Å²) in [5.74, 6) is -0.219. The van der Waals surface area contributed by atoms with E-state index in [2.05, 4.69) is 29.7 Å². The van der Waals surface area contributed by atoms with Gasteiger partial charge in [-0.3, -0.25) is 9.59 Å². The number of para-hydroxylation sites is 1. The van der Waals surface area contributed by atoms with Crippen molar-refractivity contribution in [2.24, 2.45) is 11.8 Å². The average molecular weight is 418 g/mol. The highest BCUT2D eigenvalue weighted by atomic mass is 35.5. The third kappa shape index (κ3) is 4.67. The van der Waals surface area contributed by atoms with E-state index >= 15 is 0 Å². The van der Waals surface area contributed by atoms with Crippen LogP contribution in [0.3, 0.4) is 0 Å². The summed E-state index contributed by atoms with van der Waals surface area (Å²) < 4.78 is 0. The van der Waals surface area contributed by atoms with Gasteiger partial charge < -0.3 is 15.5 Å². The fourth-order valence-corrected chi connectivity index (χ4v) is 4.98. The first-order valence-corrected chi connectivity index (χ1v) is 10.7. The highest BCUT2D eigenvalue weighted by Crippen LogP contribution is 2.38. The van der Waals surface area contributed by atoms with E-state index in [1.165, 1.54) is 11.1 Å². The molecule has 1 aromatic carbocycles. The Kier molecular flexibility index (Phi) is 7.36. The molecule has 3 unspecified atom stereocenters. The zero-order chi connectivity index (χ0) is 19.5. The van der Waals surface area contributed by atoms with Crippen molar-refractivity contribution in [2.75, 3.05) is 24.5 Å². The number of carbonyl (C=O) groups excluding carboxylic acids is 2. The Bertz CT molecular complexity index is 779. The van der Waals surface area contributed by atoms with Gasteiger partial charge in [0.1, 0.15) is 0 Å². The van der Waals surface area contributed by atoms with Crippen molar-refractivity contribution in [3.63, 3.8) is 0 Å². The molecule has 158 valence electrons. The number of amides is 2. The van der Waals surface area contributed by atoms with Gasteiger partial charge in [-0.2, -0.15) is 0 Å². The summed E-state index contributed by atoms with van der Waals surface area (Å²) in [6, 6.07) is 8.34. The van der Waals surface area contributed by atoms with Gasteiger partial charge in [-0.05, 0) is 50.8 Å². The van der Waals surface area contributed by atoms with Gasteiger partial charge in [-0.25, -0.2) is 0 Å². The first kappa shape index (κ1) is 21.8. The van der Waals surface area contributed by atoms with Crippen molar-refractivity contribution in [1.82, 2.24) is 10.6 Å². The molecule has 3 aliphatic rings. The Hall–Kier alpha value is -1.85. The maximum atomic E-state index is 13.5. The Morgan fingerprint density at radius 3 is 2.69 bits per heavy atom. The minimum Gasteiger partial charge on any atom is -0.352 e. The van der Waals surface area contributed by atoms with Gasteiger partial charge in [0.15, 0.2) is 0 Å². The normalized spacial score (nSPS) is 26.2. The Labute approximate surface area is 179 Å². The van der Waals surface area contributed by atoms with Crippen LogP contribution in [-0.4, -0.2) is 37.5 Å². The van der Waals surface area contributed by atoms with Gasteiger partial charge in [0.05, 0.1) is 5.92 Å². The van der Waals surface area contributed by atoms with Crippen LogP contribution in [0.25, 0.3) is 0 Å². The predicted molar refractivity (Wildman–Crippen MR) is 118 cm³/mol. The van der Waals surface area contributed by atoms with E-state index in [4.69, 9.17) is 0 Å². The van der Waals surface area contributed by atoms with E-state index in [-0.39, 0.29) is 42.1 Å². The fraction of sp³-hybridized carbons (Fsp3) is 0.565. The Morgan fingerprint density at radius 1 is 1.17 bits per heavy atom. The number of halogens is 1. The molecule has 0 radical (unpaired) electrons. The molecule has 1 fully saturated rings. The third-order valence-corrected chi connectivity index (χ3v) is 6.51. The van der Waals surface area contributed by atoms with E-state index in [0.29, 0.717) is 6.54 Å². The molecule has 2 heterocycles. The van der Waals surface area contributed by atoms with Crippen LogP contribution in [0.15, 0.2) is 35.9 Å². The standard InChI is InChI=1S/C23H31N3O2.ClH/c1-16-14-18-6-2-5-9-21(18)26(16)23(28)20-8-4-3-7-19(20)22(27)25-15-17-10-12-24-13-11-17;/h2,5-6,9-10,16,19-20,24H,3-4,7-8,11-15H2,1H3,(H,25,27);1H. The number of hydrogen-bond acceptors (Lipinski definition) is 3. The fourth-order valence-electron chi connectivity index (χ4n) is 4.98. The SMILES string of the molecule is CC1Cc2ccccc2N1C(=O)C1CCCCC1C(=O)NCC1=CCNCC1.Cl. The third-order valence-electron chi connectivity index (χ3n) is 6.51. The molecule has 0 aromatic heterocycles. The second kappa shape index (κ2) is 9.77. The molecule has 6 heteroatoms. The van der Waals surface area contributed by atoms with Crippen LogP contribution < -0.4 is 15.5 Å². The molecule has 5 nitrogen and oxygen atoms in total. The van der Waals surface area contributed by atoms with Crippen LogP contribution >= 0.6 is 12.4 Å². The van der Waals surface area contributed by atoms with Gasteiger partial charge in [-0.1, -0.05) is 42.7 Å². The summed E-state index contributed by atoms with van der Waals surface area (Å²) in [5, 5.41) is 6.41. The summed E-state index contributed by atoms with van der Waals surface area (Å²) in [5.41, 5.74) is 3.55. The lowest BCUT2D eigenvalue weighted by molar-refractivity contribution is -0.135. The summed E-state index contributed by atoms with van der Waals surface area (Å²) in [7, 11) is 0. The molecule has 1 aliphatic carbocycles. The summed E-state index contributed by atoms with van der Waals surface area (Å²) in [6.07, 6.45) is 7.72. The molecule has 1 aromatic rings. The summed E-state index contributed by atoms with van der Waals surface area (Å²) in [4.78, 5) is 28.5. The first-order valence-electron chi connectivity index (χ1n) is 10.7. The molecule has 4 rings (SSSR count). The number of hydrogen-bond donors (Lipinski definition) is 2. The molecular formula is C23H32ClN3O2. The summed E-state index contributed by atoms with van der Waals surface area (Å²) in [6.45, 7) is 4.57. The smallest absolute Gasteiger partial charge is 0.231 e. The quantitative estimate of drug-likeness (QED) is 0.739. The predicted octanol–water partition coefficient (Wildman–Crippen LogP) is 3.23. The van der Waals surface area contributed by atoms with E-state index in [9.17, 15) is 9.59 Å². The lowest BCUT2D eigenvalue weighted by atomic mass is 9.77. The topological polar surface area (TPSA) is 61.4 Å². The molecule has 3 atom stereocenters. The molecule has 1 saturated carbocycles. The van der Waals surface area contributed by atoms with Gasteiger partial charge in [0, 0.05) is 30.7 Å². The number of anilines is 1. The minimum absolute atomic E-state index is 0. The van der Waals surface area contributed by atoms with E-state index in [1.54, 1.807) is 0 Å². The second-order valence-electron chi connectivity index (χ2n) is 8.42. The highest BCUT2D eigenvalue weighted by Gasteiger charge is 2.41. The number of carbonyl (C=O) groups is 2. The van der Waals surface area contributed by atoms with Crippen LogP contribution in [0, 0.1) is 11.8 Å². The molecule has 0 saturated heterocycles. The summed E-state index contributed by atoms with van der Waals surface area (Å²) >= 11 is 0. The van der Waals surface area contributed by atoms with Gasteiger partial charge in [0.2, 0.25) is 11.8 Å². The van der Waals surface area contributed by atoms with Crippen LogP contribution in [0.2, 0.25) is 0 Å². The van der Waals surface area contributed by atoms with Gasteiger partial charge >= 0.3 is 0 Å². The van der Waals surface area contributed by atoms with Crippen LogP contribution in [0.1, 0.15) is 44.6 Å². The molecule has 2 N–H and O–H groups in total. The molecule has 29 heavy (non-hydrogen) atoms. The zero-order valence-corrected chi connectivity index (χ0v) is 18.0. The van der Waals surface area contributed by atoms with Crippen molar-refractivity contribution in [3.8, 4) is 0 Å². The lowest BCUT2D eigenvalue weighted by Crippen LogP contribution is -2.47. The van der Waals surface area contributed by atoms with Gasteiger partial charge in [-0.15, -0.1) is 12.4 Å². The van der Waals surface area contributed by atoms with Crippen molar-refractivity contribution in [3.05, 3.63) is 41.5 Å². The maximum absolute atomic E-state index is 13.5. The molecule has 0 spiro atoms. The number of nitrogens with zero attached hydrogens (tertiary/aromatic N) is 1. The maximum Gasteiger partial charge on any atom is 0.231 e. The molecule has 2 aliphatic heterocycles. The Morgan fingerprint density at radius 2 is 1.93 bits per heavy atom. The number of rotatable bonds is 4. The second-order valence-corrected chi connectivity index (χ2v) is 8.42. The van der Waals surface area contributed by atoms with Crippen LogP contribution in [0.4, 0.5) is 5.69 Å². The van der Waals surface area contributed by atoms with Crippen molar-refractivity contribution in [2.45, 2.75) is 51.5 Å². The van der Waals surface area contributed by atoms with Gasteiger partial charge in [0.25, 0.3) is 0 Å². The lowest BCUT2D eigenvalue weighted by Gasteiger charge is -2.34. The minimum atomic E-state index is -0.205. The zero-order valence-electron chi connectivity index (χ0n) is 17.2. The van der Waals surface area contributed by atoms with Crippen LogP contribution in [0.5, 0.6) is 0 Å². The average Bonchev–Trinajstić information content (AvgIpc) is 3.08. The van der Waals surface area contributed by atoms with Crippen molar-refractivity contribution >= 4 is 29.9 Å². The molecule has 0 bridgehead atoms. The van der Waals surface area contributed by atoms with E-state index < -0.39 is 0 Å². The number of benzene rings is 1. The molecule has 2 amide bonds. The number of fused-ring (bicyclic) bond motifs is 1. The van der Waals surface area contributed by atoms with E-state index in [1.807, 2.05) is 23.1 Å². The van der Waals surface area contributed by atoms with E-state index in [0.717, 1.165) is 57.3 Å². The highest BCUT2D eigenvalue weighted by molar-refractivity contribution is 6.00. The van der Waals surface area contributed by atoms with Crippen molar-refractivity contribution in [1.29, 1.82) is 0 Å². The first-order chi connectivity index (χ1) is 13.6. The molecular weight excluding hydrogens is 386 g/mol. The van der Waals surface area contributed by atoms with Crippen molar-refractivity contribution < 1.29 is 9.59 Å².